The zero-order chi connectivity index (χ0) is 11.5. The predicted molar refractivity (Wildman–Crippen MR) is 67.9 cm³/mol. The van der Waals surface area contributed by atoms with Gasteiger partial charge in [0.25, 0.3) is 0 Å². The van der Waals surface area contributed by atoms with Crippen molar-refractivity contribution < 1.29 is 0 Å². The molecule has 0 atom stereocenters. The number of H-pyrrole nitrogens is 1. The third-order valence-electron chi connectivity index (χ3n) is 3.22. The number of aromatic nitrogens is 3. The fraction of sp³-hybridized carbons (Fsp3) is 0.385. The molecule has 0 aliphatic carbocycles. The van der Waals surface area contributed by atoms with Crippen LogP contribution < -0.4 is 4.90 Å². The standard InChI is InChI=1S/C13H16N4/c1-2-7-17(8-3-1)13-11(5-4-6-15-13)12-9-14-10-16-12/h4-6,9-10H,1-3,7-8H2,(H,14,16). The van der Waals surface area contributed by atoms with Gasteiger partial charge in [0, 0.05) is 31.0 Å². The van der Waals surface area contributed by atoms with Crippen molar-refractivity contribution in [3.8, 4) is 11.3 Å². The molecule has 2 aromatic rings. The number of aromatic amines is 1. The van der Waals surface area contributed by atoms with Crippen molar-refractivity contribution in [2.24, 2.45) is 0 Å². The van der Waals surface area contributed by atoms with E-state index in [1.807, 2.05) is 18.5 Å². The molecule has 3 rings (SSSR count). The zero-order valence-corrected chi connectivity index (χ0v) is 9.76. The lowest BCUT2D eigenvalue weighted by atomic mass is 10.1. The first-order chi connectivity index (χ1) is 8.45. The zero-order valence-electron chi connectivity index (χ0n) is 9.76. The monoisotopic (exact) mass is 228 g/mol. The van der Waals surface area contributed by atoms with Crippen molar-refractivity contribution in [3.63, 3.8) is 0 Å². The predicted octanol–water partition coefficient (Wildman–Crippen LogP) is 2.46. The molecule has 4 nitrogen and oxygen atoms in total. The molecule has 2 aromatic heterocycles. The van der Waals surface area contributed by atoms with Crippen LogP contribution in [-0.2, 0) is 0 Å². The Morgan fingerprint density at radius 1 is 1.12 bits per heavy atom. The van der Waals surface area contributed by atoms with Crippen molar-refractivity contribution in [1.29, 1.82) is 0 Å². The van der Waals surface area contributed by atoms with Gasteiger partial charge in [-0.15, -0.1) is 0 Å². The number of rotatable bonds is 2. The number of hydrogen-bond acceptors (Lipinski definition) is 3. The van der Waals surface area contributed by atoms with Crippen LogP contribution in [0.1, 0.15) is 19.3 Å². The molecule has 1 saturated heterocycles. The van der Waals surface area contributed by atoms with Gasteiger partial charge in [0.1, 0.15) is 5.82 Å². The van der Waals surface area contributed by atoms with E-state index < -0.39 is 0 Å². The maximum Gasteiger partial charge on any atom is 0.138 e. The van der Waals surface area contributed by atoms with Crippen LogP contribution in [-0.4, -0.2) is 28.0 Å². The SMILES string of the molecule is c1cnc(N2CCCCC2)c(-c2c[nH]cn2)c1. The Kier molecular flexibility index (Phi) is 2.78. The quantitative estimate of drug-likeness (QED) is 0.858. The fourth-order valence-corrected chi connectivity index (χ4v) is 2.36. The topological polar surface area (TPSA) is 44.8 Å². The molecule has 4 heteroatoms. The van der Waals surface area contributed by atoms with E-state index in [2.05, 4.69) is 25.9 Å². The highest BCUT2D eigenvalue weighted by atomic mass is 15.2. The molecule has 88 valence electrons. The van der Waals surface area contributed by atoms with Crippen LogP contribution in [0.4, 0.5) is 5.82 Å². The van der Waals surface area contributed by atoms with Gasteiger partial charge in [-0.1, -0.05) is 0 Å². The molecule has 1 aliphatic rings. The Morgan fingerprint density at radius 2 is 2.00 bits per heavy atom. The van der Waals surface area contributed by atoms with Gasteiger partial charge in [-0.25, -0.2) is 9.97 Å². The molecule has 0 bridgehead atoms. The maximum absolute atomic E-state index is 4.53. The number of piperidine rings is 1. The number of anilines is 1. The summed E-state index contributed by atoms with van der Waals surface area (Å²) in [6.07, 6.45) is 9.35. The molecule has 17 heavy (non-hydrogen) atoms. The van der Waals surface area contributed by atoms with Crippen molar-refractivity contribution in [3.05, 3.63) is 30.9 Å². The van der Waals surface area contributed by atoms with Gasteiger partial charge in [-0.2, -0.15) is 0 Å². The molecule has 3 heterocycles. The van der Waals surface area contributed by atoms with Crippen LogP contribution in [0.3, 0.4) is 0 Å². The molecular weight excluding hydrogens is 212 g/mol. The largest absolute Gasteiger partial charge is 0.356 e. The second-order valence-electron chi connectivity index (χ2n) is 4.38. The normalized spacial score (nSPS) is 16.1. The minimum absolute atomic E-state index is 0.971. The first kappa shape index (κ1) is 10.3. The van der Waals surface area contributed by atoms with E-state index in [1.165, 1.54) is 19.3 Å². The van der Waals surface area contributed by atoms with Gasteiger partial charge >= 0.3 is 0 Å². The van der Waals surface area contributed by atoms with Crippen LogP contribution >= 0.6 is 0 Å². The Labute approximate surface area is 101 Å². The van der Waals surface area contributed by atoms with Gasteiger partial charge in [-0.05, 0) is 31.4 Å². The van der Waals surface area contributed by atoms with E-state index in [0.29, 0.717) is 0 Å². The lowest BCUT2D eigenvalue weighted by Crippen LogP contribution is -2.30. The van der Waals surface area contributed by atoms with Crippen LogP contribution in [0, 0.1) is 0 Å². The van der Waals surface area contributed by atoms with Crippen LogP contribution in [0.5, 0.6) is 0 Å². The first-order valence-corrected chi connectivity index (χ1v) is 6.14. The molecule has 0 aromatic carbocycles. The van der Waals surface area contributed by atoms with E-state index in [9.17, 15) is 0 Å². The van der Waals surface area contributed by atoms with Crippen molar-refractivity contribution >= 4 is 5.82 Å². The van der Waals surface area contributed by atoms with Gasteiger partial charge in [0.15, 0.2) is 0 Å². The summed E-state index contributed by atoms with van der Waals surface area (Å²) >= 11 is 0. The van der Waals surface area contributed by atoms with Crippen LogP contribution in [0.15, 0.2) is 30.9 Å². The van der Waals surface area contributed by atoms with E-state index in [1.54, 1.807) is 6.33 Å². The summed E-state index contributed by atoms with van der Waals surface area (Å²) in [6.45, 7) is 2.21. The van der Waals surface area contributed by atoms with Crippen LogP contribution in [0.25, 0.3) is 11.3 Å². The highest BCUT2D eigenvalue weighted by Gasteiger charge is 2.16. The minimum Gasteiger partial charge on any atom is -0.356 e. The number of imidazole rings is 1. The molecule has 1 fully saturated rings. The summed E-state index contributed by atoms with van der Waals surface area (Å²) in [5, 5.41) is 0. The van der Waals surface area contributed by atoms with Gasteiger partial charge in [-0.3, -0.25) is 0 Å². The van der Waals surface area contributed by atoms with Crippen molar-refractivity contribution in [1.82, 2.24) is 15.0 Å². The molecule has 0 unspecified atom stereocenters. The van der Waals surface area contributed by atoms with Crippen molar-refractivity contribution in [2.75, 3.05) is 18.0 Å². The summed E-state index contributed by atoms with van der Waals surface area (Å²) < 4.78 is 0. The van der Waals surface area contributed by atoms with Crippen LogP contribution in [0.2, 0.25) is 0 Å². The molecule has 1 N–H and O–H groups in total. The summed E-state index contributed by atoms with van der Waals surface area (Å²) in [7, 11) is 0. The number of nitrogens with zero attached hydrogens (tertiary/aromatic N) is 3. The van der Waals surface area contributed by atoms with Gasteiger partial charge in [0.2, 0.25) is 0 Å². The summed E-state index contributed by atoms with van der Waals surface area (Å²) in [5.74, 6) is 1.07. The minimum atomic E-state index is 0.971. The number of nitrogens with one attached hydrogen (secondary N) is 1. The highest BCUT2D eigenvalue weighted by molar-refractivity contribution is 5.72. The third kappa shape index (κ3) is 2.02. The smallest absolute Gasteiger partial charge is 0.138 e. The molecule has 0 spiro atoms. The Hall–Kier alpha value is -1.84. The lowest BCUT2D eigenvalue weighted by Gasteiger charge is -2.29. The Balaban J connectivity index is 1.98. The highest BCUT2D eigenvalue weighted by Crippen LogP contribution is 2.28. The summed E-state index contributed by atoms with van der Waals surface area (Å²) in [6, 6.07) is 4.06. The van der Waals surface area contributed by atoms with Crippen molar-refractivity contribution in [2.45, 2.75) is 19.3 Å². The summed E-state index contributed by atoms with van der Waals surface area (Å²) in [5.41, 5.74) is 2.09. The van der Waals surface area contributed by atoms with E-state index in [0.717, 1.165) is 30.2 Å². The molecule has 1 aliphatic heterocycles. The number of hydrogen-bond donors (Lipinski definition) is 1. The second kappa shape index (κ2) is 4.57. The molecule has 0 saturated carbocycles. The lowest BCUT2D eigenvalue weighted by molar-refractivity contribution is 0.574. The first-order valence-electron chi connectivity index (χ1n) is 6.14. The summed E-state index contributed by atoms with van der Waals surface area (Å²) in [4.78, 5) is 14.2. The Morgan fingerprint density at radius 3 is 2.76 bits per heavy atom. The Bertz CT molecular complexity index is 472. The third-order valence-corrected chi connectivity index (χ3v) is 3.22. The molecule has 0 amide bonds. The van der Waals surface area contributed by atoms with E-state index >= 15 is 0 Å². The molecular formula is C13H16N4. The van der Waals surface area contributed by atoms with E-state index in [4.69, 9.17) is 0 Å². The average Bonchev–Trinajstić information content (AvgIpc) is 2.94. The average molecular weight is 228 g/mol. The number of pyridine rings is 1. The maximum atomic E-state index is 4.53. The second-order valence-corrected chi connectivity index (χ2v) is 4.38. The molecule has 0 radical (unpaired) electrons. The van der Waals surface area contributed by atoms with Gasteiger partial charge in [0.05, 0.1) is 12.0 Å². The fourth-order valence-electron chi connectivity index (χ4n) is 2.36. The van der Waals surface area contributed by atoms with E-state index in [-0.39, 0.29) is 0 Å². The van der Waals surface area contributed by atoms with Gasteiger partial charge < -0.3 is 9.88 Å².